The Kier molecular flexibility index (Phi) is 3.79. The van der Waals surface area contributed by atoms with E-state index in [0.29, 0.717) is 37.0 Å². The van der Waals surface area contributed by atoms with Gasteiger partial charge in [-0.3, -0.25) is 14.4 Å². The van der Waals surface area contributed by atoms with Gasteiger partial charge in [0.25, 0.3) is 11.5 Å². The number of fused-ring (bicyclic) bond motifs is 3. The summed E-state index contributed by atoms with van der Waals surface area (Å²) in [5.74, 6) is -0.604. The van der Waals surface area contributed by atoms with Crippen LogP contribution in [0, 0.1) is 5.92 Å². The molecule has 0 saturated carbocycles. The molecule has 1 aliphatic heterocycles. The molecule has 26 heavy (non-hydrogen) atoms. The van der Waals surface area contributed by atoms with Crippen LogP contribution in [0.4, 0.5) is 0 Å². The molecule has 1 saturated heterocycles. The lowest BCUT2D eigenvalue weighted by Crippen LogP contribution is -2.42. The summed E-state index contributed by atoms with van der Waals surface area (Å²) in [6.07, 6.45) is 1.16. The number of benzene rings is 1. The maximum absolute atomic E-state index is 13.0. The minimum atomic E-state index is -0.306. The van der Waals surface area contributed by atoms with Gasteiger partial charge < -0.3 is 20.2 Å². The zero-order valence-corrected chi connectivity index (χ0v) is 14.5. The van der Waals surface area contributed by atoms with Crippen LogP contribution in [-0.4, -0.2) is 39.4 Å². The number of primary amides is 1. The van der Waals surface area contributed by atoms with E-state index in [9.17, 15) is 14.4 Å². The number of hydrogen-bond donors (Lipinski definition) is 2. The van der Waals surface area contributed by atoms with E-state index in [2.05, 4.69) is 4.98 Å². The highest BCUT2D eigenvalue weighted by molar-refractivity contribution is 6.07. The van der Waals surface area contributed by atoms with Crippen molar-refractivity contribution in [1.82, 2.24) is 14.5 Å². The van der Waals surface area contributed by atoms with Crippen LogP contribution in [-0.2, 0) is 11.8 Å². The number of nitrogens with one attached hydrogen (secondary N) is 1. The molecular weight excluding hydrogens is 332 g/mol. The van der Waals surface area contributed by atoms with E-state index in [0.717, 1.165) is 16.4 Å². The van der Waals surface area contributed by atoms with E-state index in [1.165, 1.54) is 0 Å². The highest BCUT2D eigenvalue weighted by Crippen LogP contribution is 2.26. The first-order valence-corrected chi connectivity index (χ1v) is 8.66. The Labute approximate surface area is 149 Å². The molecule has 1 aliphatic rings. The number of piperidine rings is 1. The standard InChI is InChI=1S/C19H20N4O3/c1-22-15(19(26)23-8-6-11(7-9-23)17(20)24)10-13-16(22)12-4-2-3-5-14(12)21-18(13)25/h2-5,10-11H,6-9H2,1H3,(H2,20,24)(H,21,25). The molecule has 7 nitrogen and oxygen atoms in total. The summed E-state index contributed by atoms with van der Waals surface area (Å²) in [7, 11) is 1.80. The number of amides is 2. The monoisotopic (exact) mass is 352 g/mol. The first kappa shape index (κ1) is 16.4. The number of nitrogens with two attached hydrogens (primary N) is 1. The summed E-state index contributed by atoms with van der Waals surface area (Å²) in [5.41, 5.74) is 7.12. The lowest BCUT2D eigenvalue weighted by molar-refractivity contribution is -0.123. The third-order valence-electron chi connectivity index (χ3n) is 5.31. The molecule has 0 unspecified atom stereocenters. The fraction of sp³-hybridized carbons (Fsp3) is 0.316. The maximum Gasteiger partial charge on any atom is 0.270 e. The van der Waals surface area contributed by atoms with E-state index in [4.69, 9.17) is 5.73 Å². The number of nitrogens with zero attached hydrogens (tertiary/aromatic N) is 2. The predicted octanol–water partition coefficient (Wildman–Crippen LogP) is 1.36. The quantitative estimate of drug-likeness (QED) is 0.728. The molecule has 0 spiro atoms. The van der Waals surface area contributed by atoms with Crippen LogP contribution in [0.2, 0.25) is 0 Å². The lowest BCUT2D eigenvalue weighted by Gasteiger charge is -2.30. The fourth-order valence-corrected chi connectivity index (χ4v) is 3.82. The van der Waals surface area contributed by atoms with Crippen LogP contribution in [0.1, 0.15) is 23.3 Å². The maximum atomic E-state index is 13.0. The molecule has 7 heteroatoms. The van der Waals surface area contributed by atoms with Crippen LogP contribution >= 0.6 is 0 Å². The Morgan fingerprint density at radius 2 is 1.85 bits per heavy atom. The first-order chi connectivity index (χ1) is 12.5. The molecule has 3 heterocycles. The smallest absolute Gasteiger partial charge is 0.270 e. The van der Waals surface area contributed by atoms with Gasteiger partial charge in [0.1, 0.15) is 5.69 Å². The third kappa shape index (κ3) is 2.47. The van der Waals surface area contributed by atoms with Crippen molar-refractivity contribution in [3.05, 3.63) is 46.4 Å². The van der Waals surface area contributed by atoms with Gasteiger partial charge in [-0.1, -0.05) is 18.2 Å². The van der Waals surface area contributed by atoms with E-state index < -0.39 is 0 Å². The lowest BCUT2D eigenvalue weighted by atomic mass is 9.96. The average Bonchev–Trinajstić information content (AvgIpc) is 3.00. The summed E-state index contributed by atoms with van der Waals surface area (Å²) in [6, 6.07) is 9.20. The van der Waals surface area contributed by atoms with Crippen molar-refractivity contribution >= 4 is 33.6 Å². The Hall–Kier alpha value is -3.09. The Morgan fingerprint density at radius 1 is 1.15 bits per heavy atom. The summed E-state index contributed by atoms with van der Waals surface area (Å²) >= 11 is 0. The number of aryl methyl sites for hydroxylation is 1. The minimum absolute atomic E-state index is 0.130. The summed E-state index contributed by atoms with van der Waals surface area (Å²) < 4.78 is 1.79. The number of carbonyl (C=O) groups excluding carboxylic acids is 2. The summed E-state index contributed by atoms with van der Waals surface area (Å²) in [4.78, 5) is 41.3. The fourth-order valence-electron chi connectivity index (χ4n) is 3.82. The van der Waals surface area contributed by atoms with Gasteiger partial charge in [0.2, 0.25) is 5.91 Å². The van der Waals surface area contributed by atoms with Crippen molar-refractivity contribution in [3.8, 4) is 0 Å². The van der Waals surface area contributed by atoms with Crippen LogP contribution < -0.4 is 11.3 Å². The normalized spacial score (nSPS) is 15.7. The van der Waals surface area contributed by atoms with Gasteiger partial charge in [-0.05, 0) is 25.0 Å². The molecule has 4 rings (SSSR count). The van der Waals surface area contributed by atoms with E-state index in [-0.39, 0.29) is 23.3 Å². The number of pyridine rings is 1. The molecule has 3 N–H and O–H groups in total. The van der Waals surface area contributed by atoms with Crippen molar-refractivity contribution in [1.29, 1.82) is 0 Å². The number of likely N-dealkylation sites (tertiary alicyclic amines) is 1. The molecule has 1 fully saturated rings. The molecule has 2 aromatic heterocycles. The van der Waals surface area contributed by atoms with E-state index in [1.807, 2.05) is 24.3 Å². The second-order valence-corrected chi connectivity index (χ2v) is 6.82. The Bertz CT molecular complexity index is 1090. The van der Waals surface area contributed by atoms with Gasteiger partial charge in [0.05, 0.1) is 16.4 Å². The van der Waals surface area contributed by atoms with Crippen LogP contribution in [0.25, 0.3) is 21.8 Å². The molecule has 3 aromatic rings. The number of rotatable bonds is 2. The largest absolute Gasteiger partial charge is 0.369 e. The SMILES string of the molecule is Cn1c(C(=O)N2CCC(C(N)=O)CC2)cc2c(=O)[nH]c3ccccc3c21. The van der Waals surface area contributed by atoms with Crippen LogP contribution in [0.15, 0.2) is 35.1 Å². The van der Waals surface area contributed by atoms with Gasteiger partial charge in [0.15, 0.2) is 0 Å². The van der Waals surface area contributed by atoms with Crippen LogP contribution in [0.3, 0.4) is 0 Å². The van der Waals surface area contributed by atoms with Crippen molar-refractivity contribution in [2.75, 3.05) is 13.1 Å². The molecule has 0 atom stereocenters. The first-order valence-electron chi connectivity index (χ1n) is 8.66. The van der Waals surface area contributed by atoms with Gasteiger partial charge in [-0.15, -0.1) is 0 Å². The predicted molar refractivity (Wildman–Crippen MR) is 98.9 cm³/mol. The molecule has 134 valence electrons. The summed E-state index contributed by atoms with van der Waals surface area (Å²) in [5, 5.41) is 1.40. The number of carbonyl (C=O) groups is 2. The highest BCUT2D eigenvalue weighted by Gasteiger charge is 2.28. The van der Waals surface area contributed by atoms with Gasteiger partial charge >= 0.3 is 0 Å². The molecular formula is C19H20N4O3. The molecule has 0 radical (unpaired) electrons. The van der Waals surface area contributed by atoms with Gasteiger partial charge in [-0.25, -0.2) is 0 Å². The summed E-state index contributed by atoms with van der Waals surface area (Å²) in [6.45, 7) is 0.982. The number of aromatic amines is 1. The molecule has 1 aromatic carbocycles. The van der Waals surface area contributed by atoms with E-state index in [1.54, 1.807) is 22.6 Å². The number of H-pyrrole nitrogens is 1. The highest BCUT2D eigenvalue weighted by atomic mass is 16.2. The van der Waals surface area contributed by atoms with Crippen LogP contribution in [0.5, 0.6) is 0 Å². The number of hydrogen-bond acceptors (Lipinski definition) is 3. The zero-order chi connectivity index (χ0) is 18.4. The second-order valence-electron chi connectivity index (χ2n) is 6.82. The minimum Gasteiger partial charge on any atom is -0.369 e. The Morgan fingerprint density at radius 3 is 2.54 bits per heavy atom. The number of aromatic nitrogens is 2. The number of para-hydroxylation sites is 1. The molecule has 0 bridgehead atoms. The van der Waals surface area contributed by atoms with Crippen molar-refractivity contribution in [3.63, 3.8) is 0 Å². The second kappa shape index (κ2) is 6.01. The van der Waals surface area contributed by atoms with Crippen molar-refractivity contribution < 1.29 is 9.59 Å². The van der Waals surface area contributed by atoms with E-state index >= 15 is 0 Å². The molecule has 0 aliphatic carbocycles. The van der Waals surface area contributed by atoms with Crippen molar-refractivity contribution in [2.24, 2.45) is 18.7 Å². The zero-order valence-electron chi connectivity index (χ0n) is 14.5. The third-order valence-corrected chi connectivity index (χ3v) is 5.31. The van der Waals surface area contributed by atoms with Crippen molar-refractivity contribution in [2.45, 2.75) is 12.8 Å². The Balaban J connectivity index is 1.76. The molecule has 2 amide bonds. The average molecular weight is 352 g/mol. The topological polar surface area (TPSA) is 101 Å². The van der Waals surface area contributed by atoms with Gasteiger partial charge in [-0.2, -0.15) is 0 Å². The van der Waals surface area contributed by atoms with Gasteiger partial charge in [0, 0.05) is 31.4 Å².